The number of nitrogens with two attached hydrogens (primary N) is 2. The van der Waals surface area contributed by atoms with Crippen molar-refractivity contribution in [2.45, 2.75) is 89.9 Å². The molecule has 0 aliphatic carbocycles. The lowest BCUT2D eigenvalue weighted by Crippen LogP contribution is -2.02. The summed E-state index contributed by atoms with van der Waals surface area (Å²) in [5.41, 5.74) is 24.5. The van der Waals surface area contributed by atoms with Gasteiger partial charge in [0.05, 0.1) is 0 Å². The van der Waals surface area contributed by atoms with Crippen molar-refractivity contribution < 1.29 is 0 Å². The maximum atomic E-state index is 5.98. The highest BCUT2D eigenvalue weighted by Crippen LogP contribution is 2.32. The summed E-state index contributed by atoms with van der Waals surface area (Å²) in [4.78, 5) is 0. The van der Waals surface area contributed by atoms with Gasteiger partial charge in [0.2, 0.25) is 0 Å². The van der Waals surface area contributed by atoms with Crippen LogP contribution < -0.4 is 11.5 Å². The molecule has 2 nitrogen and oxygen atoms in total. The van der Waals surface area contributed by atoms with Crippen molar-refractivity contribution in [3.8, 4) is 0 Å². The minimum absolute atomic E-state index is 0.416. The molecule has 238 valence electrons. The highest BCUT2D eigenvalue weighted by atomic mass is 14.5. The average Bonchev–Trinajstić information content (AvgIpc) is 3.08. The van der Waals surface area contributed by atoms with Crippen LogP contribution in [0.15, 0.2) is 121 Å². The SMILES string of the molecule is CCCCCC(c1ccc(N)cc1)c1ccc(Cc2ccc(Cc3ccc(C(CCCCC)c4ccc(N)cc4)cc3)cc2)cc1. The van der Waals surface area contributed by atoms with Gasteiger partial charge in [-0.2, -0.15) is 0 Å². The van der Waals surface area contributed by atoms with Crippen LogP contribution in [-0.4, -0.2) is 0 Å². The van der Waals surface area contributed by atoms with E-state index in [2.05, 4.69) is 111 Å². The van der Waals surface area contributed by atoms with Gasteiger partial charge in [-0.15, -0.1) is 0 Å². The van der Waals surface area contributed by atoms with Crippen LogP contribution in [0.1, 0.15) is 122 Å². The molecule has 46 heavy (non-hydrogen) atoms. The molecule has 0 bridgehead atoms. The van der Waals surface area contributed by atoms with E-state index in [-0.39, 0.29) is 0 Å². The van der Waals surface area contributed by atoms with Crippen molar-refractivity contribution in [1.29, 1.82) is 0 Å². The van der Waals surface area contributed by atoms with Crippen LogP contribution in [0.25, 0.3) is 0 Å². The van der Waals surface area contributed by atoms with Crippen molar-refractivity contribution in [1.82, 2.24) is 0 Å². The van der Waals surface area contributed by atoms with Crippen molar-refractivity contribution in [3.05, 3.63) is 166 Å². The van der Waals surface area contributed by atoms with Crippen LogP contribution in [0.2, 0.25) is 0 Å². The van der Waals surface area contributed by atoms with Crippen LogP contribution >= 0.6 is 0 Å². The fourth-order valence-electron chi connectivity index (χ4n) is 6.69. The number of anilines is 2. The summed E-state index contributed by atoms with van der Waals surface area (Å²) < 4.78 is 0. The Kier molecular flexibility index (Phi) is 12.1. The van der Waals surface area contributed by atoms with Crippen molar-refractivity contribution >= 4 is 11.4 Å². The molecular formula is C44H52N2. The molecule has 2 heteroatoms. The Bertz CT molecular complexity index is 1460. The van der Waals surface area contributed by atoms with Gasteiger partial charge in [0, 0.05) is 23.2 Å². The number of rotatable bonds is 16. The molecule has 0 aliphatic rings. The molecule has 0 radical (unpaired) electrons. The summed E-state index contributed by atoms with van der Waals surface area (Å²) in [6.07, 6.45) is 11.7. The van der Waals surface area contributed by atoms with E-state index in [0.29, 0.717) is 11.8 Å². The van der Waals surface area contributed by atoms with E-state index in [1.165, 1.54) is 95.9 Å². The summed E-state index contributed by atoms with van der Waals surface area (Å²) in [6.45, 7) is 4.54. The molecule has 0 amide bonds. The molecule has 0 aromatic heterocycles. The first-order chi connectivity index (χ1) is 22.5. The summed E-state index contributed by atoms with van der Waals surface area (Å²) in [6, 6.07) is 44.7. The summed E-state index contributed by atoms with van der Waals surface area (Å²) >= 11 is 0. The van der Waals surface area contributed by atoms with E-state index in [0.717, 1.165) is 24.2 Å². The molecule has 0 saturated heterocycles. The van der Waals surface area contributed by atoms with E-state index in [4.69, 9.17) is 11.5 Å². The predicted molar refractivity (Wildman–Crippen MR) is 199 cm³/mol. The number of hydrogen-bond acceptors (Lipinski definition) is 2. The van der Waals surface area contributed by atoms with Gasteiger partial charge in [0.1, 0.15) is 0 Å². The van der Waals surface area contributed by atoms with Gasteiger partial charge in [0.25, 0.3) is 0 Å². The third-order valence-electron chi connectivity index (χ3n) is 9.47. The van der Waals surface area contributed by atoms with E-state index in [1.54, 1.807) is 0 Å². The van der Waals surface area contributed by atoms with Gasteiger partial charge in [-0.25, -0.2) is 0 Å². The Morgan fingerprint density at radius 1 is 0.370 bits per heavy atom. The van der Waals surface area contributed by atoms with Gasteiger partial charge < -0.3 is 11.5 Å². The van der Waals surface area contributed by atoms with Crippen LogP contribution in [0.3, 0.4) is 0 Å². The molecule has 5 rings (SSSR count). The second kappa shape index (κ2) is 16.9. The van der Waals surface area contributed by atoms with E-state index < -0.39 is 0 Å². The molecule has 0 saturated carbocycles. The second-order valence-electron chi connectivity index (χ2n) is 13.1. The predicted octanol–water partition coefficient (Wildman–Crippen LogP) is 11.5. The first-order valence-electron chi connectivity index (χ1n) is 17.5. The van der Waals surface area contributed by atoms with Gasteiger partial charge >= 0.3 is 0 Å². The molecular weight excluding hydrogens is 556 g/mol. The molecule has 5 aromatic carbocycles. The van der Waals surface area contributed by atoms with Gasteiger partial charge in [-0.1, -0.05) is 149 Å². The van der Waals surface area contributed by atoms with E-state index >= 15 is 0 Å². The lowest BCUT2D eigenvalue weighted by molar-refractivity contribution is 0.618. The average molecular weight is 609 g/mol. The molecule has 0 spiro atoms. The third-order valence-corrected chi connectivity index (χ3v) is 9.47. The first-order valence-corrected chi connectivity index (χ1v) is 17.5. The minimum atomic E-state index is 0.416. The smallest absolute Gasteiger partial charge is 0.0314 e. The Morgan fingerprint density at radius 3 is 0.913 bits per heavy atom. The summed E-state index contributed by atoms with van der Waals surface area (Å²) in [7, 11) is 0. The number of hydrogen-bond donors (Lipinski definition) is 2. The van der Waals surface area contributed by atoms with Crippen LogP contribution in [0.4, 0.5) is 11.4 Å². The fourth-order valence-corrected chi connectivity index (χ4v) is 6.69. The maximum absolute atomic E-state index is 5.98. The van der Waals surface area contributed by atoms with Crippen LogP contribution in [0, 0.1) is 0 Å². The Morgan fingerprint density at radius 2 is 0.630 bits per heavy atom. The highest BCUT2D eigenvalue weighted by Gasteiger charge is 2.15. The van der Waals surface area contributed by atoms with Crippen LogP contribution in [-0.2, 0) is 12.8 Å². The Balaban J connectivity index is 1.20. The Hall–Kier alpha value is -4.30. The molecule has 0 heterocycles. The minimum Gasteiger partial charge on any atom is -0.399 e. The second-order valence-corrected chi connectivity index (χ2v) is 13.1. The van der Waals surface area contributed by atoms with Gasteiger partial charge in [-0.05, 0) is 94.5 Å². The molecule has 2 unspecified atom stereocenters. The molecule has 0 fully saturated rings. The zero-order valence-corrected chi connectivity index (χ0v) is 27.9. The fraction of sp³-hybridized carbons (Fsp3) is 0.318. The maximum Gasteiger partial charge on any atom is 0.0314 e. The standard InChI is InChI=1S/C44H52N2/c1-3-5-7-9-43(39-23-27-41(45)28-24-39)37-19-15-35(16-20-37)31-33-11-13-34(14-12-33)32-36-17-21-38(22-18-36)44(10-8-6-4-2)40-25-29-42(46)30-26-40/h11-30,43-44H,3-10,31-32,45-46H2,1-2H3. The highest BCUT2D eigenvalue weighted by molar-refractivity contribution is 5.45. The van der Waals surface area contributed by atoms with Crippen molar-refractivity contribution in [2.75, 3.05) is 11.5 Å². The zero-order chi connectivity index (χ0) is 32.1. The van der Waals surface area contributed by atoms with Crippen LogP contribution in [0.5, 0.6) is 0 Å². The Labute approximate surface area is 277 Å². The van der Waals surface area contributed by atoms with E-state index in [9.17, 15) is 0 Å². The summed E-state index contributed by atoms with van der Waals surface area (Å²) in [5.74, 6) is 0.832. The molecule has 4 N–H and O–H groups in total. The monoisotopic (exact) mass is 608 g/mol. The topological polar surface area (TPSA) is 52.0 Å². The van der Waals surface area contributed by atoms with Gasteiger partial charge in [-0.3, -0.25) is 0 Å². The number of nitrogen functional groups attached to an aromatic ring is 2. The lowest BCUT2D eigenvalue weighted by atomic mass is 9.86. The normalized spacial score (nSPS) is 12.6. The lowest BCUT2D eigenvalue weighted by Gasteiger charge is -2.19. The molecule has 2 atom stereocenters. The quantitative estimate of drug-likeness (QED) is 0.0865. The first kappa shape index (κ1) is 33.1. The van der Waals surface area contributed by atoms with Gasteiger partial charge in [0.15, 0.2) is 0 Å². The summed E-state index contributed by atoms with van der Waals surface area (Å²) in [5, 5.41) is 0. The number of benzene rings is 5. The van der Waals surface area contributed by atoms with E-state index in [1.807, 2.05) is 24.3 Å². The molecule has 0 aliphatic heterocycles. The third kappa shape index (κ3) is 9.36. The van der Waals surface area contributed by atoms with Crippen molar-refractivity contribution in [2.24, 2.45) is 0 Å². The van der Waals surface area contributed by atoms with Crippen molar-refractivity contribution in [3.63, 3.8) is 0 Å². The number of unbranched alkanes of at least 4 members (excludes halogenated alkanes) is 4. The molecule has 5 aromatic rings. The largest absolute Gasteiger partial charge is 0.399 e. The zero-order valence-electron chi connectivity index (χ0n) is 27.9.